The third-order valence-corrected chi connectivity index (χ3v) is 1.82. The number of nitrogens with zero attached hydrogens (tertiary/aromatic N) is 1. The van der Waals surface area contributed by atoms with Crippen molar-refractivity contribution in [2.45, 2.75) is 26.9 Å². The molecule has 4 heteroatoms. The molecule has 0 N–H and O–H groups in total. The minimum Gasteiger partial charge on any atom is -0.459 e. The van der Waals surface area contributed by atoms with Gasteiger partial charge in [-0.15, -0.1) is 0 Å². The zero-order chi connectivity index (χ0) is 10.7. The molecule has 0 aliphatic heterocycles. The standard InChI is InChI=1S/C10H12ClNO2/c1-6(2)14-10(13)9-4-8(11)5-12-7(9)3/h4-6H,1-3H3. The second-order valence-electron chi connectivity index (χ2n) is 3.24. The lowest BCUT2D eigenvalue weighted by Crippen LogP contribution is -2.13. The van der Waals surface area contributed by atoms with Crippen molar-refractivity contribution in [3.05, 3.63) is 28.5 Å². The molecule has 0 fully saturated rings. The van der Waals surface area contributed by atoms with E-state index in [4.69, 9.17) is 16.3 Å². The Labute approximate surface area is 88.1 Å². The van der Waals surface area contributed by atoms with Gasteiger partial charge in [0.05, 0.1) is 22.4 Å². The zero-order valence-corrected chi connectivity index (χ0v) is 9.13. The van der Waals surface area contributed by atoms with Crippen LogP contribution in [0.15, 0.2) is 12.3 Å². The van der Waals surface area contributed by atoms with Crippen molar-refractivity contribution in [2.24, 2.45) is 0 Å². The first-order valence-electron chi connectivity index (χ1n) is 4.34. The number of aromatic nitrogens is 1. The number of aryl methyl sites for hydroxylation is 1. The lowest BCUT2D eigenvalue weighted by atomic mass is 10.2. The maximum Gasteiger partial charge on any atom is 0.340 e. The van der Waals surface area contributed by atoms with Crippen molar-refractivity contribution in [1.82, 2.24) is 4.98 Å². The summed E-state index contributed by atoms with van der Waals surface area (Å²) in [5.41, 5.74) is 1.05. The molecule has 0 amide bonds. The molecular formula is C10H12ClNO2. The van der Waals surface area contributed by atoms with E-state index >= 15 is 0 Å². The molecule has 1 heterocycles. The zero-order valence-electron chi connectivity index (χ0n) is 8.37. The first-order chi connectivity index (χ1) is 6.50. The Bertz CT molecular complexity index is 350. The molecule has 0 saturated heterocycles. The first kappa shape index (κ1) is 11.0. The predicted molar refractivity (Wildman–Crippen MR) is 54.5 cm³/mol. The average Bonchev–Trinajstić information content (AvgIpc) is 2.08. The summed E-state index contributed by atoms with van der Waals surface area (Å²) in [7, 11) is 0. The molecule has 0 radical (unpaired) electrons. The Kier molecular flexibility index (Phi) is 3.47. The van der Waals surface area contributed by atoms with Gasteiger partial charge in [0.25, 0.3) is 0 Å². The van der Waals surface area contributed by atoms with E-state index in [-0.39, 0.29) is 12.1 Å². The number of esters is 1. The van der Waals surface area contributed by atoms with Gasteiger partial charge in [0.15, 0.2) is 0 Å². The van der Waals surface area contributed by atoms with Crippen molar-refractivity contribution in [3.63, 3.8) is 0 Å². The topological polar surface area (TPSA) is 39.2 Å². The predicted octanol–water partition coefficient (Wildman–Crippen LogP) is 2.61. The van der Waals surface area contributed by atoms with Crippen molar-refractivity contribution in [3.8, 4) is 0 Å². The quantitative estimate of drug-likeness (QED) is 0.709. The summed E-state index contributed by atoms with van der Waals surface area (Å²) < 4.78 is 5.03. The third kappa shape index (κ3) is 2.70. The van der Waals surface area contributed by atoms with Crippen LogP contribution in [0.3, 0.4) is 0 Å². The van der Waals surface area contributed by atoms with Crippen LogP contribution in [0, 0.1) is 6.92 Å². The number of ether oxygens (including phenoxy) is 1. The Morgan fingerprint density at radius 3 is 2.79 bits per heavy atom. The molecule has 0 bridgehead atoms. The van der Waals surface area contributed by atoms with Crippen molar-refractivity contribution in [2.75, 3.05) is 0 Å². The van der Waals surface area contributed by atoms with E-state index < -0.39 is 0 Å². The normalized spacial score (nSPS) is 10.4. The molecule has 0 aromatic carbocycles. The lowest BCUT2D eigenvalue weighted by Gasteiger charge is -2.09. The SMILES string of the molecule is Cc1ncc(Cl)cc1C(=O)OC(C)C. The molecule has 0 spiro atoms. The van der Waals surface area contributed by atoms with Gasteiger partial charge in [-0.1, -0.05) is 11.6 Å². The van der Waals surface area contributed by atoms with E-state index in [1.165, 1.54) is 6.20 Å². The number of carbonyl (C=O) groups excluding carboxylic acids is 1. The van der Waals surface area contributed by atoms with Gasteiger partial charge in [-0.05, 0) is 26.8 Å². The summed E-state index contributed by atoms with van der Waals surface area (Å²) in [5.74, 6) is -0.382. The van der Waals surface area contributed by atoms with Crippen LogP contribution in [0.2, 0.25) is 5.02 Å². The molecule has 1 aromatic heterocycles. The second-order valence-corrected chi connectivity index (χ2v) is 3.68. The van der Waals surface area contributed by atoms with E-state index in [1.54, 1.807) is 26.8 Å². The number of rotatable bonds is 2. The Hall–Kier alpha value is -1.09. The highest BCUT2D eigenvalue weighted by Crippen LogP contribution is 2.14. The summed E-state index contributed by atoms with van der Waals surface area (Å²) in [6, 6.07) is 1.56. The number of halogens is 1. The van der Waals surface area contributed by atoms with Gasteiger partial charge in [-0.25, -0.2) is 4.79 Å². The van der Waals surface area contributed by atoms with Crippen LogP contribution in [-0.2, 0) is 4.74 Å². The molecule has 76 valence electrons. The average molecular weight is 214 g/mol. The number of pyridine rings is 1. The summed E-state index contributed by atoms with van der Waals surface area (Å²) >= 11 is 5.73. The number of hydrogen-bond donors (Lipinski definition) is 0. The highest BCUT2D eigenvalue weighted by molar-refractivity contribution is 6.30. The van der Waals surface area contributed by atoms with Crippen LogP contribution in [-0.4, -0.2) is 17.1 Å². The van der Waals surface area contributed by atoms with Gasteiger partial charge in [-0.2, -0.15) is 0 Å². The monoisotopic (exact) mass is 213 g/mol. The van der Waals surface area contributed by atoms with Crippen molar-refractivity contribution in [1.29, 1.82) is 0 Å². The Morgan fingerprint density at radius 1 is 1.57 bits per heavy atom. The van der Waals surface area contributed by atoms with Gasteiger partial charge >= 0.3 is 5.97 Å². The summed E-state index contributed by atoms with van der Waals surface area (Å²) in [5, 5.41) is 0.436. The van der Waals surface area contributed by atoms with Gasteiger partial charge in [0.1, 0.15) is 0 Å². The van der Waals surface area contributed by atoms with Crippen molar-refractivity contribution < 1.29 is 9.53 Å². The lowest BCUT2D eigenvalue weighted by molar-refractivity contribution is 0.0376. The summed E-state index contributed by atoms with van der Waals surface area (Å²) in [6.07, 6.45) is 1.36. The minimum absolute atomic E-state index is 0.138. The number of hydrogen-bond acceptors (Lipinski definition) is 3. The van der Waals surface area contributed by atoms with E-state index in [2.05, 4.69) is 4.98 Å². The highest BCUT2D eigenvalue weighted by atomic mass is 35.5. The summed E-state index contributed by atoms with van der Waals surface area (Å²) in [4.78, 5) is 15.5. The molecule has 3 nitrogen and oxygen atoms in total. The molecule has 0 atom stereocenters. The minimum atomic E-state index is -0.382. The smallest absolute Gasteiger partial charge is 0.340 e. The van der Waals surface area contributed by atoms with Gasteiger partial charge in [0.2, 0.25) is 0 Å². The fourth-order valence-electron chi connectivity index (χ4n) is 0.992. The first-order valence-corrected chi connectivity index (χ1v) is 4.71. The van der Waals surface area contributed by atoms with Gasteiger partial charge in [-0.3, -0.25) is 4.98 Å². The molecule has 0 aliphatic rings. The van der Waals surface area contributed by atoms with E-state index in [0.717, 1.165) is 0 Å². The summed E-state index contributed by atoms with van der Waals surface area (Å²) in [6.45, 7) is 5.34. The van der Waals surface area contributed by atoms with E-state index in [9.17, 15) is 4.79 Å². The molecule has 0 saturated carbocycles. The van der Waals surface area contributed by atoms with Crippen molar-refractivity contribution >= 4 is 17.6 Å². The molecule has 0 aliphatic carbocycles. The van der Waals surface area contributed by atoms with Crippen LogP contribution in [0.25, 0.3) is 0 Å². The van der Waals surface area contributed by atoms with Crippen LogP contribution >= 0.6 is 11.6 Å². The third-order valence-electron chi connectivity index (χ3n) is 1.62. The fraction of sp³-hybridized carbons (Fsp3) is 0.400. The maximum atomic E-state index is 11.5. The maximum absolute atomic E-state index is 11.5. The molecule has 1 rings (SSSR count). The van der Waals surface area contributed by atoms with Crippen LogP contribution < -0.4 is 0 Å². The largest absolute Gasteiger partial charge is 0.459 e. The fourth-order valence-corrected chi connectivity index (χ4v) is 1.15. The van der Waals surface area contributed by atoms with E-state index in [0.29, 0.717) is 16.3 Å². The van der Waals surface area contributed by atoms with Gasteiger partial charge < -0.3 is 4.74 Å². The Balaban J connectivity index is 2.94. The van der Waals surface area contributed by atoms with E-state index in [1.807, 2.05) is 0 Å². The highest BCUT2D eigenvalue weighted by Gasteiger charge is 2.13. The van der Waals surface area contributed by atoms with Gasteiger partial charge in [0, 0.05) is 6.20 Å². The second kappa shape index (κ2) is 4.42. The molecule has 14 heavy (non-hydrogen) atoms. The van der Waals surface area contributed by atoms with Crippen LogP contribution in [0.5, 0.6) is 0 Å². The molecule has 1 aromatic rings. The number of carbonyl (C=O) groups is 1. The molecular weight excluding hydrogens is 202 g/mol. The van der Waals surface area contributed by atoms with Crippen LogP contribution in [0.1, 0.15) is 29.9 Å². The van der Waals surface area contributed by atoms with Crippen LogP contribution in [0.4, 0.5) is 0 Å². The Morgan fingerprint density at radius 2 is 2.21 bits per heavy atom. The molecule has 0 unspecified atom stereocenters.